The van der Waals surface area contributed by atoms with Gasteiger partial charge in [0.25, 0.3) is 5.91 Å². The SMILES string of the molecule is COc1ccc(Br)c(C(=O)NCC[C@@H](O)C2CC2)c1. The third-order valence-corrected chi connectivity index (χ3v) is 4.00. The van der Waals surface area contributed by atoms with E-state index in [1.807, 2.05) is 0 Å². The molecular formula is C14H18BrNO3. The molecule has 1 atom stereocenters. The van der Waals surface area contributed by atoms with Gasteiger partial charge in [-0.1, -0.05) is 0 Å². The summed E-state index contributed by atoms with van der Waals surface area (Å²) in [4.78, 5) is 12.0. The molecule has 2 N–H and O–H groups in total. The van der Waals surface area contributed by atoms with E-state index in [2.05, 4.69) is 21.2 Å². The number of ether oxygens (including phenoxy) is 1. The molecule has 1 aromatic rings. The van der Waals surface area contributed by atoms with Crippen LogP contribution in [0, 0.1) is 5.92 Å². The fraction of sp³-hybridized carbons (Fsp3) is 0.500. The van der Waals surface area contributed by atoms with Crippen LogP contribution in [0.2, 0.25) is 0 Å². The monoisotopic (exact) mass is 327 g/mol. The number of hydrogen-bond acceptors (Lipinski definition) is 3. The highest BCUT2D eigenvalue weighted by atomic mass is 79.9. The van der Waals surface area contributed by atoms with Crippen molar-refractivity contribution in [3.8, 4) is 5.75 Å². The normalized spacial score (nSPS) is 15.9. The minimum absolute atomic E-state index is 0.159. The lowest BCUT2D eigenvalue weighted by atomic mass is 10.1. The molecule has 0 aromatic heterocycles. The van der Waals surface area contributed by atoms with E-state index in [-0.39, 0.29) is 12.0 Å². The van der Waals surface area contributed by atoms with Crippen molar-refractivity contribution in [2.75, 3.05) is 13.7 Å². The van der Waals surface area contributed by atoms with Crippen molar-refractivity contribution in [1.29, 1.82) is 0 Å². The van der Waals surface area contributed by atoms with Gasteiger partial charge in [-0.05, 0) is 59.3 Å². The molecule has 1 fully saturated rings. The quantitative estimate of drug-likeness (QED) is 0.843. The lowest BCUT2D eigenvalue weighted by Gasteiger charge is -2.11. The van der Waals surface area contributed by atoms with Crippen LogP contribution in [0.1, 0.15) is 29.6 Å². The highest BCUT2D eigenvalue weighted by molar-refractivity contribution is 9.10. The van der Waals surface area contributed by atoms with Gasteiger partial charge in [0.15, 0.2) is 0 Å². The van der Waals surface area contributed by atoms with E-state index < -0.39 is 0 Å². The average molecular weight is 328 g/mol. The standard InChI is InChI=1S/C14H18BrNO3/c1-19-10-4-5-12(15)11(8-10)14(18)16-7-6-13(17)9-2-3-9/h4-5,8-9,13,17H,2-3,6-7H2,1H3,(H,16,18)/t13-/m1/s1. The Kier molecular flexibility index (Phi) is 4.82. The minimum Gasteiger partial charge on any atom is -0.497 e. The molecule has 0 bridgehead atoms. The zero-order valence-corrected chi connectivity index (χ0v) is 12.4. The summed E-state index contributed by atoms with van der Waals surface area (Å²) in [5.74, 6) is 0.931. The highest BCUT2D eigenvalue weighted by Crippen LogP contribution is 2.33. The molecule has 0 unspecified atom stereocenters. The lowest BCUT2D eigenvalue weighted by molar-refractivity contribution is 0.0935. The summed E-state index contributed by atoms with van der Waals surface area (Å²) in [7, 11) is 1.57. The molecule has 1 saturated carbocycles. The minimum atomic E-state index is -0.283. The fourth-order valence-corrected chi connectivity index (χ4v) is 2.38. The molecule has 1 aromatic carbocycles. The molecule has 0 heterocycles. The van der Waals surface area contributed by atoms with Gasteiger partial charge in [0, 0.05) is 11.0 Å². The van der Waals surface area contributed by atoms with Crippen molar-refractivity contribution < 1.29 is 14.6 Å². The van der Waals surface area contributed by atoms with E-state index in [0.29, 0.717) is 30.2 Å². The summed E-state index contributed by atoms with van der Waals surface area (Å²) in [5.41, 5.74) is 0.542. The molecule has 2 rings (SSSR count). The Morgan fingerprint density at radius 2 is 2.32 bits per heavy atom. The predicted molar refractivity (Wildman–Crippen MR) is 76.4 cm³/mol. The third kappa shape index (κ3) is 3.94. The van der Waals surface area contributed by atoms with Crippen LogP contribution in [0.15, 0.2) is 22.7 Å². The first-order valence-corrected chi connectivity index (χ1v) is 7.21. The summed E-state index contributed by atoms with van der Waals surface area (Å²) in [5, 5.41) is 12.5. The maximum Gasteiger partial charge on any atom is 0.252 e. The van der Waals surface area contributed by atoms with E-state index >= 15 is 0 Å². The number of halogens is 1. The molecule has 0 spiro atoms. The Morgan fingerprint density at radius 1 is 1.58 bits per heavy atom. The van der Waals surface area contributed by atoms with E-state index in [9.17, 15) is 9.90 Å². The molecule has 0 radical (unpaired) electrons. The Hall–Kier alpha value is -1.07. The second kappa shape index (κ2) is 6.39. The van der Waals surface area contributed by atoms with Crippen molar-refractivity contribution in [2.24, 2.45) is 5.92 Å². The lowest BCUT2D eigenvalue weighted by Crippen LogP contribution is -2.28. The van der Waals surface area contributed by atoms with E-state index in [1.54, 1.807) is 25.3 Å². The van der Waals surface area contributed by atoms with Gasteiger partial charge in [-0.3, -0.25) is 4.79 Å². The van der Waals surface area contributed by atoms with Crippen molar-refractivity contribution in [1.82, 2.24) is 5.32 Å². The van der Waals surface area contributed by atoms with Gasteiger partial charge in [-0.15, -0.1) is 0 Å². The van der Waals surface area contributed by atoms with Gasteiger partial charge in [0.05, 0.1) is 18.8 Å². The zero-order valence-electron chi connectivity index (χ0n) is 10.9. The number of carbonyl (C=O) groups excluding carboxylic acids is 1. The Labute approximate surface area is 121 Å². The first kappa shape index (κ1) is 14.3. The van der Waals surface area contributed by atoms with Gasteiger partial charge in [0.1, 0.15) is 5.75 Å². The van der Waals surface area contributed by atoms with Crippen LogP contribution in [0.4, 0.5) is 0 Å². The topological polar surface area (TPSA) is 58.6 Å². The summed E-state index contributed by atoms with van der Waals surface area (Å²) in [6.07, 6.45) is 2.54. The number of aliphatic hydroxyl groups is 1. The molecule has 0 saturated heterocycles. The number of carbonyl (C=O) groups is 1. The fourth-order valence-electron chi connectivity index (χ4n) is 1.95. The van der Waals surface area contributed by atoms with Crippen molar-refractivity contribution in [3.05, 3.63) is 28.2 Å². The van der Waals surface area contributed by atoms with E-state index in [1.165, 1.54) is 0 Å². The van der Waals surface area contributed by atoms with Gasteiger partial charge < -0.3 is 15.2 Å². The maximum absolute atomic E-state index is 12.0. The number of nitrogens with one attached hydrogen (secondary N) is 1. The number of benzene rings is 1. The molecule has 1 amide bonds. The first-order valence-electron chi connectivity index (χ1n) is 6.41. The van der Waals surface area contributed by atoms with Crippen molar-refractivity contribution in [3.63, 3.8) is 0 Å². The van der Waals surface area contributed by atoms with Gasteiger partial charge in [-0.25, -0.2) is 0 Å². The van der Waals surface area contributed by atoms with Crippen LogP contribution in [-0.2, 0) is 0 Å². The van der Waals surface area contributed by atoms with Crippen LogP contribution in [0.25, 0.3) is 0 Å². The van der Waals surface area contributed by atoms with Crippen molar-refractivity contribution in [2.45, 2.75) is 25.4 Å². The predicted octanol–water partition coefficient (Wildman–Crippen LogP) is 2.35. The van der Waals surface area contributed by atoms with E-state index in [4.69, 9.17) is 4.74 Å². The molecule has 0 aliphatic heterocycles. The van der Waals surface area contributed by atoms with Crippen LogP contribution in [0.3, 0.4) is 0 Å². The smallest absolute Gasteiger partial charge is 0.252 e. The number of rotatable bonds is 6. The molecule has 19 heavy (non-hydrogen) atoms. The molecule has 5 heteroatoms. The summed E-state index contributed by atoms with van der Waals surface area (Å²) in [6, 6.07) is 5.27. The Morgan fingerprint density at radius 3 is 2.95 bits per heavy atom. The summed E-state index contributed by atoms with van der Waals surface area (Å²) < 4.78 is 5.83. The van der Waals surface area contributed by atoms with Gasteiger partial charge >= 0.3 is 0 Å². The van der Waals surface area contributed by atoms with Gasteiger partial charge in [-0.2, -0.15) is 0 Å². The zero-order chi connectivity index (χ0) is 13.8. The Bertz CT molecular complexity index is 460. The average Bonchev–Trinajstić information content (AvgIpc) is 3.23. The first-order chi connectivity index (χ1) is 9.11. The van der Waals surface area contributed by atoms with Gasteiger partial charge in [0.2, 0.25) is 0 Å². The highest BCUT2D eigenvalue weighted by Gasteiger charge is 2.29. The molecule has 104 valence electrons. The summed E-state index contributed by atoms with van der Waals surface area (Å²) in [6.45, 7) is 0.486. The number of methoxy groups -OCH3 is 1. The molecular weight excluding hydrogens is 310 g/mol. The second-order valence-corrected chi connectivity index (χ2v) is 5.65. The van der Waals surface area contributed by atoms with Crippen LogP contribution < -0.4 is 10.1 Å². The molecule has 1 aliphatic rings. The Balaban J connectivity index is 1.88. The summed E-state index contributed by atoms with van der Waals surface area (Å²) >= 11 is 3.35. The number of amides is 1. The number of hydrogen-bond donors (Lipinski definition) is 2. The maximum atomic E-state index is 12.0. The largest absolute Gasteiger partial charge is 0.497 e. The van der Waals surface area contributed by atoms with Crippen LogP contribution in [-0.4, -0.2) is 30.8 Å². The number of aliphatic hydroxyl groups excluding tert-OH is 1. The van der Waals surface area contributed by atoms with Crippen LogP contribution in [0.5, 0.6) is 5.75 Å². The molecule has 4 nitrogen and oxygen atoms in total. The third-order valence-electron chi connectivity index (χ3n) is 3.31. The van der Waals surface area contributed by atoms with E-state index in [0.717, 1.165) is 17.3 Å². The second-order valence-electron chi connectivity index (χ2n) is 4.80. The van der Waals surface area contributed by atoms with Crippen LogP contribution >= 0.6 is 15.9 Å². The van der Waals surface area contributed by atoms with Crippen molar-refractivity contribution >= 4 is 21.8 Å². The molecule has 1 aliphatic carbocycles.